The monoisotopic (exact) mass is 392 g/mol. The lowest BCUT2D eigenvalue weighted by atomic mass is 10.1. The minimum Gasteiger partial charge on any atom is -0.484 e. The molecule has 5 nitrogen and oxygen atoms in total. The first kappa shape index (κ1) is 20.1. The van der Waals surface area contributed by atoms with Crippen LogP contribution in [0.2, 0.25) is 5.02 Å². The lowest BCUT2D eigenvalue weighted by Crippen LogP contribution is -2.46. The summed E-state index contributed by atoms with van der Waals surface area (Å²) in [4.78, 5) is 24.8. The quantitative estimate of drug-likeness (QED) is 0.581. The number of hydrogen-bond acceptors (Lipinski definition) is 4. The van der Waals surface area contributed by atoms with E-state index in [-0.39, 0.29) is 17.8 Å². The lowest BCUT2D eigenvalue weighted by Gasteiger charge is -2.13. The summed E-state index contributed by atoms with van der Waals surface area (Å²) in [6.45, 7) is 5.56. The zero-order valence-electron chi connectivity index (χ0n) is 14.8. The number of carbonyl (C=O) groups is 2. The van der Waals surface area contributed by atoms with Gasteiger partial charge in [-0.2, -0.15) is 0 Å². The van der Waals surface area contributed by atoms with Gasteiger partial charge < -0.3 is 4.74 Å². The SMILES string of the molecule is Cc1ccc(OCC(=O)NNC(=O)C(C)Sc2ccc(Cl)cc2)cc1C. The van der Waals surface area contributed by atoms with E-state index in [1.54, 1.807) is 25.1 Å². The van der Waals surface area contributed by atoms with Crippen LogP contribution in [0, 0.1) is 13.8 Å². The number of hydrogen-bond donors (Lipinski definition) is 2. The number of carbonyl (C=O) groups excluding carboxylic acids is 2. The first-order valence-electron chi connectivity index (χ1n) is 8.06. The summed E-state index contributed by atoms with van der Waals surface area (Å²) < 4.78 is 5.42. The number of halogens is 1. The highest BCUT2D eigenvalue weighted by Crippen LogP contribution is 2.24. The first-order valence-corrected chi connectivity index (χ1v) is 9.32. The molecule has 26 heavy (non-hydrogen) atoms. The summed E-state index contributed by atoms with van der Waals surface area (Å²) in [6, 6.07) is 12.8. The zero-order chi connectivity index (χ0) is 19.1. The van der Waals surface area contributed by atoms with Crippen molar-refractivity contribution in [3.05, 3.63) is 58.6 Å². The van der Waals surface area contributed by atoms with E-state index in [1.807, 2.05) is 38.1 Å². The number of rotatable bonds is 6. The highest BCUT2D eigenvalue weighted by molar-refractivity contribution is 8.00. The Morgan fingerprint density at radius 1 is 1.08 bits per heavy atom. The average molecular weight is 393 g/mol. The molecule has 2 aromatic carbocycles. The smallest absolute Gasteiger partial charge is 0.276 e. The zero-order valence-corrected chi connectivity index (χ0v) is 16.4. The van der Waals surface area contributed by atoms with Crippen LogP contribution in [0.5, 0.6) is 5.75 Å². The van der Waals surface area contributed by atoms with Gasteiger partial charge in [-0.05, 0) is 68.3 Å². The maximum atomic E-state index is 12.1. The summed E-state index contributed by atoms with van der Waals surface area (Å²) in [5.74, 6) is -0.119. The molecule has 0 aliphatic heterocycles. The molecular formula is C19H21ClN2O3S. The predicted molar refractivity (Wildman–Crippen MR) is 104 cm³/mol. The summed E-state index contributed by atoms with van der Waals surface area (Å²) in [5.41, 5.74) is 7.00. The van der Waals surface area contributed by atoms with E-state index in [0.717, 1.165) is 16.0 Å². The maximum absolute atomic E-state index is 12.1. The first-order chi connectivity index (χ1) is 12.3. The van der Waals surface area contributed by atoms with Crippen LogP contribution in [0.3, 0.4) is 0 Å². The molecular weight excluding hydrogens is 372 g/mol. The molecule has 1 unspecified atom stereocenters. The number of nitrogens with one attached hydrogen (secondary N) is 2. The fourth-order valence-corrected chi connectivity index (χ4v) is 2.99. The number of benzene rings is 2. The largest absolute Gasteiger partial charge is 0.484 e. The Morgan fingerprint density at radius 2 is 1.77 bits per heavy atom. The molecule has 0 radical (unpaired) electrons. The van der Waals surface area contributed by atoms with Crippen LogP contribution in [0.15, 0.2) is 47.4 Å². The number of thioether (sulfide) groups is 1. The Balaban J connectivity index is 1.74. The Bertz CT molecular complexity index is 781. The average Bonchev–Trinajstić information content (AvgIpc) is 2.62. The Hall–Kier alpha value is -2.18. The van der Waals surface area contributed by atoms with Crippen LogP contribution in [-0.4, -0.2) is 23.7 Å². The van der Waals surface area contributed by atoms with Crippen molar-refractivity contribution in [1.29, 1.82) is 0 Å². The topological polar surface area (TPSA) is 67.4 Å². The molecule has 0 heterocycles. The van der Waals surface area contributed by atoms with Crippen molar-refractivity contribution in [2.45, 2.75) is 30.9 Å². The minimum atomic E-state index is -0.430. The van der Waals surface area contributed by atoms with Crippen molar-refractivity contribution in [3.8, 4) is 5.75 Å². The molecule has 0 aliphatic rings. The van der Waals surface area contributed by atoms with Gasteiger partial charge in [-0.25, -0.2) is 0 Å². The van der Waals surface area contributed by atoms with E-state index in [1.165, 1.54) is 11.8 Å². The predicted octanol–water partition coefficient (Wildman–Crippen LogP) is 3.66. The summed E-state index contributed by atoms with van der Waals surface area (Å²) in [6.07, 6.45) is 0. The van der Waals surface area contributed by atoms with Crippen molar-refractivity contribution in [1.82, 2.24) is 10.9 Å². The maximum Gasteiger partial charge on any atom is 0.276 e. The van der Waals surface area contributed by atoms with Gasteiger partial charge in [-0.15, -0.1) is 11.8 Å². The van der Waals surface area contributed by atoms with Gasteiger partial charge in [0.2, 0.25) is 0 Å². The van der Waals surface area contributed by atoms with E-state index >= 15 is 0 Å². The minimum absolute atomic E-state index is 0.179. The third kappa shape index (κ3) is 6.28. The summed E-state index contributed by atoms with van der Waals surface area (Å²) >= 11 is 7.21. The molecule has 7 heteroatoms. The van der Waals surface area contributed by atoms with Crippen LogP contribution in [-0.2, 0) is 9.59 Å². The van der Waals surface area contributed by atoms with E-state index in [4.69, 9.17) is 16.3 Å². The van der Waals surface area contributed by atoms with Crippen LogP contribution in [0.4, 0.5) is 0 Å². The van der Waals surface area contributed by atoms with Gasteiger partial charge >= 0.3 is 0 Å². The van der Waals surface area contributed by atoms with Gasteiger partial charge in [0.1, 0.15) is 5.75 Å². The molecule has 0 saturated heterocycles. The fraction of sp³-hybridized carbons (Fsp3) is 0.263. The number of aryl methyl sites for hydroxylation is 2. The number of hydrazine groups is 1. The van der Waals surface area contributed by atoms with Crippen LogP contribution in [0.25, 0.3) is 0 Å². The second kappa shape index (κ2) is 9.50. The molecule has 1 atom stereocenters. The van der Waals surface area contributed by atoms with E-state index < -0.39 is 5.91 Å². The molecule has 0 aliphatic carbocycles. The molecule has 2 rings (SSSR count). The molecule has 2 amide bonds. The molecule has 0 saturated carbocycles. The van der Waals surface area contributed by atoms with Crippen LogP contribution < -0.4 is 15.6 Å². The van der Waals surface area contributed by atoms with Gasteiger partial charge in [0.05, 0.1) is 5.25 Å². The lowest BCUT2D eigenvalue weighted by molar-refractivity contribution is -0.129. The molecule has 2 aromatic rings. The molecule has 2 N–H and O–H groups in total. The Labute approximate surface area is 162 Å². The van der Waals surface area contributed by atoms with E-state index in [9.17, 15) is 9.59 Å². The fourth-order valence-electron chi connectivity index (χ4n) is 1.99. The Kier molecular flexibility index (Phi) is 7.36. The Morgan fingerprint density at radius 3 is 2.42 bits per heavy atom. The van der Waals surface area contributed by atoms with Crippen molar-refractivity contribution in [2.75, 3.05) is 6.61 Å². The molecule has 0 spiro atoms. The van der Waals surface area contributed by atoms with Crippen molar-refractivity contribution in [3.63, 3.8) is 0 Å². The van der Waals surface area contributed by atoms with E-state index in [0.29, 0.717) is 10.8 Å². The number of amides is 2. The van der Waals surface area contributed by atoms with Crippen molar-refractivity contribution >= 4 is 35.2 Å². The van der Waals surface area contributed by atoms with Crippen LogP contribution in [0.1, 0.15) is 18.1 Å². The molecule has 0 bridgehead atoms. The summed E-state index contributed by atoms with van der Waals surface area (Å²) in [5, 5.41) is 0.264. The second-order valence-corrected chi connectivity index (χ2v) is 7.64. The molecule has 138 valence electrons. The van der Waals surface area contributed by atoms with Gasteiger partial charge in [0.15, 0.2) is 6.61 Å². The van der Waals surface area contributed by atoms with Gasteiger partial charge in [0, 0.05) is 9.92 Å². The standard InChI is InChI=1S/C19H21ClN2O3S/c1-12-4-7-16(10-13(12)2)25-11-18(23)21-22-19(24)14(3)26-17-8-5-15(20)6-9-17/h4-10,14H,11H2,1-3H3,(H,21,23)(H,22,24). The van der Waals surface area contributed by atoms with Crippen molar-refractivity contribution in [2.24, 2.45) is 0 Å². The normalized spacial score (nSPS) is 11.5. The van der Waals surface area contributed by atoms with Crippen molar-refractivity contribution < 1.29 is 14.3 Å². The van der Waals surface area contributed by atoms with Gasteiger partial charge in [-0.3, -0.25) is 20.4 Å². The van der Waals surface area contributed by atoms with Gasteiger partial charge in [-0.1, -0.05) is 17.7 Å². The highest BCUT2D eigenvalue weighted by Gasteiger charge is 2.15. The highest BCUT2D eigenvalue weighted by atomic mass is 35.5. The molecule has 0 aromatic heterocycles. The van der Waals surface area contributed by atoms with Crippen LogP contribution >= 0.6 is 23.4 Å². The van der Waals surface area contributed by atoms with Gasteiger partial charge in [0.25, 0.3) is 11.8 Å². The third-order valence-corrected chi connectivity index (χ3v) is 5.03. The molecule has 0 fully saturated rings. The second-order valence-electron chi connectivity index (χ2n) is 5.79. The third-order valence-electron chi connectivity index (χ3n) is 3.67. The van der Waals surface area contributed by atoms with E-state index in [2.05, 4.69) is 10.9 Å². The summed E-state index contributed by atoms with van der Waals surface area (Å²) in [7, 11) is 0. The number of ether oxygens (including phenoxy) is 1.